The fraction of sp³-hybridized carbons (Fsp3) is 0.273. The highest BCUT2D eigenvalue weighted by Gasteiger charge is 2.67. The van der Waals surface area contributed by atoms with Crippen LogP contribution in [0, 0.1) is 17.1 Å². The van der Waals surface area contributed by atoms with Gasteiger partial charge in [-0.15, -0.1) is 0 Å². The van der Waals surface area contributed by atoms with E-state index in [0.717, 1.165) is 0 Å². The maximum absolute atomic E-state index is 15.0. The monoisotopic (exact) mass is 441 g/mol. The minimum absolute atomic E-state index is 0.0216. The Morgan fingerprint density at radius 1 is 1.39 bits per heavy atom. The van der Waals surface area contributed by atoms with Gasteiger partial charge >= 0.3 is 0 Å². The van der Waals surface area contributed by atoms with Gasteiger partial charge in [-0.2, -0.15) is 5.26 Å². The quantitative estimate of drug-likeness (QED) is 0.740. The summed E-state index contributed by atoms with van der Waals surface area (Å²) >= 11 is 0. The highest BCUT2D eigenvalue weighted by molar-refractivity contribution is 8.00. The van der Waals surface area contributed by atoms with Gasteiger partial charge in [0.05, 0.1) is 25.7 Å². The summed E-state index contributed by atoms with van der Waals surface area (Å²) in [5.74, 6) is 2.76. The molecule has 4 rings (SSSR count). The first-order valence-electron chi connectivity index (χ1n) is 9.55. The van der Waals surface area contributed by atoms with Gasteiger partial charge in [0.25, 0.3) is 0 Å². The molecule has 1 fully saturated rings. The Hall–Kier alpha value is -3.25. The fourth-order valence-corrected chi connectivity index (χ4v) is 6.56. The first kappa shape index (κ1) is 21.0. The zero-order valence-electron chi connectivity index (χ0n) is 17.1. The molecular weight excluding hydrogens is 420 g/mol. The van der Waals surface area contributed by atoms with Gasteiger partial charge in [-0.3, -0.25) is 9.29 Å². The summed E-state index contributed by atoms with van der Waals surface area (Å²) in [6.45, 7) is 1.70. The van der Waals surface area contributed by atoms with E-state index in [1.807, 2.05) is 6.07 Å². The van der Waals surface area contributed by atoms with E-state index in [0.29, 0.717) is 24.0 Å². The maximum Gasteiger partial charge on any atom is 0.203 e. The molecule has 0 amide bonds. The Balaban J connectivity index is 1.81. The second kappa shape index (κ2) is 6.89. The second-order valence-corrected chi connectivity index (χ2v) is 10.6. The van der Waals surface area contributed by atoms with Gasteiger partial charge in [-0.25, -0.2) is 18.0 Å². The van der Waals surface area contributed by atoms with Crippen LogP contribution in [-0.2, 0) is 15.2 Å². The van der Waals surface area contributed by atoms with E-state index in [-0.39, 0.29) is 17.2 Å². The number of benzene rings is 1. The molecule has 9 heteroatoms. The van der Waals surface area contributed by atoms with E-state index >= 15 is 0 Å². The van der Waals surface area contributed by atoms with Crippen molar-refractivity contribution in [1.82, 2.24) is 9.29 Å². The van der Waals surface area contributed by atoms with E-state index in [9.17, 15) is 13.0 Å². The molecule has 2 heterocycles. The van der Waals surface area contributed by atoms with Crippen molar-refractivity contribution in [3.05, 3.63) is 64.7 Å². The van der Waals surface area contributed by atoms with E-state index in [2.05, 4.69) is 15.8 Å². The molecule has 0 radical (unpaired) electrons. The molecule has 0 saturated heterocycles. The molecule has 1 aromatic heterocycles. The Morgan fingerprint density at radius 3 is 2.68 bits per heavy atom. The number of nitrogens with zero attached hydrogens (tertiary/aromatic N) is 4. The summed E-state index contributed by atoms with van der Waals surface area (Å²) in [5, 5.41) is 8.84. The van der Waals surface area contributed by atoms with E-state index in [1.165, 1.54) is 46.9 Å². The van der Waals surface area contributed by atoms with Crippen molar-refractivity contribution in [3.63, 3.8) is 0 Å². The van der Waals surface area contributed by atoms with Gasteiger partial charge in [-0.1, -0.05) is 6.07 Å². The van der Waals surface area contributed by atoms with E-state index in [4.69, 9.17) is 11.0 Å². The number of nitrogens with two attached hydrogens (primary N) is 1. The largest absolute Gasteiger partial charge is 0.369 e. The summed E-state index contributed by atoms with van der Waals surface area (Å²) in [7, 11) is -1.28. The minimum atomic E-state index is -2.85. The third-order valence-electron chi connectivity index (χ3n) is 6.25. The zero-order chi connectivity index (χ0) is 22.6. The number of aromatic nitrogens is 1. The molecule has 6 nitrogen and oxygen atoms in total. The molecule has 2 N–H and O–H groups in total. The van der Waals surface area contributed by atoms with Crippen LogP contribution in [0.15, 0.2) is 41.5 Å². The number of guanidine groups is 1. The van der Waals surface area contributed by atoms with Crippen LogP contribution in [0.2, 0.25) is 0 Å². The molecular formula is C22H21F2N5OS. The molecule has 2 aromatic rings. The molecule has 1 aliphatic carbocycles. The van der Waals surface area contributed by atoms with Crippen molar-refractivity contribution in [3.8, 4) is 6.07 Å². The molecule has 1 spiro atoms. The van der Waals surface area contributed by atoms with Gasteiger partial charge in [-0.05, 0) is 61.5 Å². The van der Waals surface area contributed by atoms with Crippen LogP contribution in [0.1, 0.15) is 42.1 Å². The Kier molecular flexibility index (Phi) is 4.67. The summed E-state index contributed by atoms with van der Waals surface area (Å²) in [4.78, 5) is 8.47. The van der Waals surface area contributed by atoms with Crippen molar-refractivity contribution in [2.75, 3.05) is 7.05 Å². The maximum atomic E-state index is 15.0. The van der Waals surface area contributed by atoms with Gasteiger partial charge in [0.2, 0.25) is 5.96 Å². The molecule has 31 heavy (non-hydrogen) atoms. The SMILES string of the molecule is C=S1(=O)N(C)C(N)=N[C@](C)(c2cc(/C=C(\F)c3ccc(C#N)cn3)ccc2F)C12CC2. The van der Waals surface area contributed by atoms with Crippen LogP contribution in [0.4, 0.5) is 8.78 Å². The van der Waals surface area contributed by atoms with Crippen LogP contribution in [0.5, 0.6) is 0 Å². The second-order valence-electron chi connectivity index (χ2n) is 7.95. The van der Waals surface area contributed by atoms with E-state index < -0.39 is 31.6 Å². The lowest BCUT2D eigenvalue weighted by Gasteiger charge is -2.45. The number of nitriles is 1. The Bertz CT molecular complexity index is 1270. The first-order chi connectivity index (χ1) is 14.6. The zero-order valence-corrected chi connectivity index (χ0v) is 17.9. The van der Waals surface area contributed by atoms with Crippen molar-refractivity contribution < 1.29 is 13.0 Å². The molecule has 0 bridgehead atoms. The number of aliphatic imine (C=N–C) groups is 1. The smallest absolute Gasteiger partial charge is 0.203 e. The molecule has 160 valence electrons. The number of hydrogen-bond donors (Lipinski definition) is 1. The summed E-state index contributed by atoms with van der Waals surface area (Å²) in [6, 6.07) is 8.95. The summed E-state index contributed by atoms with van der Waals surface area (Å²) in [5.41, 5.74) is 5.75. The molecule has 1 saturated carbocycles. The van der Waals surface area contributed by atoms with Crippen molar-refractivity contribution in [2.45, 2.75) is 30.1 Å². The van der Waals surface area contributed by atoms with E-state index in [1.54, 1.807) is 14.0 Å². The average Bonchev–Trinajstić information content (AvgIpc) is 3.56. The lowest BCUT2D eigenvalue weighted by Crippen LogP contribution is -2.58. The lowest BCUT2D eigenvalue weighted by molar-refractivity contribution is 0.400. The molecule has 2 atom stereocenters. The summed E-state index contributed by atoms with van der Waals surface area (Å²) in [6.07, 6.45) is 3.63. The highest BCUT2D eigenvalue weighted by atomic mass is 32.2. The van der Waals surface area contributed by atoms with Crippen molar-refractivity contribution in [2.24, 2.45) is 10.7 Å². The average molecular weight is 442 g/mol. The van der Waals surface area contributed by atoms with Gasteiger partial charge in [0.1, 0.15) is 23.3 Å². The normalized spacial score (nSPS) is 27.0. The van der Waals surface area contributed by atoms with Crippen LogP contribution in [0.3, 0.4) is 0 Å². The Morgan fingerprint density at radius 2 is 2.10 bits per heavy atom. The van der Waals surface area contributed by atoms with Gasteiger partial charge in [0, 0.05) is 18.8 Å². The number of rotatable bonds is 3. The standard InChI is InChI=1S/C22H21F2N5OS/c1-21(22(8-9-22)31(3,30)29(2)20(26)28-21)16-10-14(4-6-17(16)23)11-18(24)19-7-5-15(12-25)13-27-19/h4-7,10-11,13H,3,8-9H2,1-2H3,(H2,26,28)/b18-11-/t21-,31?/m1/s1. The third kappa shape index (κ3) is 3.01. The van der Waals surface area contributed by atoms with Crippen molar-refractivity contribution in [1.29, 1.82) is 5.26 Å². The molecule has 1 unspecified atom stereocenters. The highest BCUT2D eigenvalue weighted by Crippen LogP contribution is 2.60. The lowest BCUT2D eigenvalue weighted by atomic mass is 9.85. The number of halogens is 2. The predicted octanol–water partition coefficient (Wildman–Crippen LogP) is 3.20. The summed E-state index contributed by atoms with van der Waals surface area (Å²) < 4.78 is 43.7. The third-order valence-corrected chi connectivity index (χ3v) is 9.35. The minimum Gasteiger partial charge on any atom is -0.369 e. The molecule has 1 aromatic carbocycles. The fourth-order valence-electron chi connectivity index (χ4n) is 4.18. The van der Waals surface area contributed by atoms with Crippen LogP contribution in [0.25, 0.3) is 11.9 Å². The molecule has 1 aliphatic heterocycles. The topological polar surface area (TPSA) is 95.4 Å². The van der Waals surface area contributed by atoms with Crippen LogP contribution >= 0.6 is 0 Å². The number of pyridine rings is 1. The van der Waals surface area contributed by atoms with Gasteiger partial charge < -0.3 is 5.73 Å². The van der Waals surface area contributed by atoms with Crippen molar-refractivity contribution >= 4 is 33.4 Å². The molecule has 2 aliphatic rings. The number of hydrogen-bond acceptors (Lipinski definition) is 5. The Labute approximate surface area is 179 Å². The van der Waals surface area contributed by atoms with Crippen LogP contribution in [-0.4, -0.2) is 37.1 Å². The van der Waals surface area contributed by atoms with Gasteiger partial charge in [0.15, 0.2) is 0 Å². The first-order valence-corrected chi connectivity index (χ1v) is 11.2. The van der Waals surface area contributed by atoms with Crippen LogP contribution < -0.4 is 5.73 Å². The predicted molar refractivity (Wildman–Crippen MR) is 118 cm³/mol.